The van der Waals surface area contributed by atoms with E-state index in [0.717, 1.165) is 23.3 Å². The van der Waals surface area contributed by atoms with Gasteiger partial charge in [-0.1, -0.05) is 60.2 Å². The van der Waals surface area contributed by atoms with Gasteiger partial charge in [0.15, 0.2) is 16.7 Å². The predicted molar refractivity (Wildman–Crippen MR) is 105 cm³/mol. The van der Waals surface area contributed by atoms with Gasteiger partial charge in [0.2, 0.25) is 0 Å². The number of aryl methyl sites for hydroxylation is 1. The number of hydrogen-bond donors (Lipinski definition) is 2. The zero-order valence-corrected chi connectivity index (χ0v) is 15.0. The van der Waals surface area contributed by atoms with Crippen LogP contribution in [0.4, 0.5) is 14.5 Å². The Balaban J connectivity index is 1.82. The normalized spacial score (nSPS) is 11.7. The maximum absolute atomic E-state index is 13.4. The second kappa shape index (κ2) is 8.06. The Morgan fingerprint density at radius 3 is 2.15 bits per heavy atom. The summed E-state index contributed by atoms with van der Waals surface area (Å²) in [6.07, 6.45) is 0. The van der Waals surface area contributed by atoms with Gasteiger partial charge in [-0.05, 0) is 42.4 Å². The van der Waals surface area contributed by atoms with Crippen molar-refractivity contribution in [2.24, 2.45) is 0 Å². The molecular weight excluding hydrogens is 350 g/mol. The molecule has 0 aliphatic rings. The van der Waals surface area contributed by atoms with Crippen molar-refractivity contribution in [2.75, 3.05) is 5.32 Å². The van der Waals surface area contributed by atoms with Crippen molar-refractivity contribution in [1.29, 1.82) is 0 Å². The van der Waals surface area contributed by atoms with Crippen molar-refractivity contribution in [3.8, 4) is 0 Å². The van der Waals surface area contributed by atoms with Gasteiger partial charge < -0.3 is 10.6 Å². The van der Waals surface area contributed by atoms with Gasteiger partial charge in [0.25, 0.3) is 0 Å². The van der Waals surface area contributed by atoms with Crippen LogP contribution < -0.4 is 10.6 Å². The van der Waals surface area contributed by atoms with Crippen LogP contribution in [0.3, 0.4) is 0 Å². The summed E-state index contributed by atoms with van der Waals surface area (Å²) >= 11 is 5.38. The average Bonchev–Trinajstić information content (AvgIpc) is 2.64. The van der Waals surface area contributed by atoms with Crippen LogP contribution in [-0.4, -0.2) is 5.11 Å². The first-order valence-electron chi connectivity index (χ1n) is 8.17. The molecule has 0 unspecified atom stereocenters. The number of hydrogen-bond acceptors (Lipinski definition) is 1. The average molecular weight is 368 g/mol. The lowest BCUT2D eigenvalue weighted by atomic mass is 9.98. The van der Waals surface area contributed by atoms with Crippen LogP contribution in [0.25, 0.3) is 0 Å². The molecule has 0 bridgehead atoms. The van der Waals surface area contributed by atoms with Gasteiger partial charge in [-0.15, -0.1) is 0 Å². The Kier molecular flexibility index (Phi) is 5.58. The fourth-order valence-electron chi connectivity index (χ4n) is 2.64. The molecule has 0 amide bonds. The molecule has 5 heteroatoms. The fourth-order valence-corrected chi connectivity index (χ4v) is 2.87. The van der Waals surface area contributed by atoms with Crippen LogP contribution in [0.1, 0.15) is 22.7 Å². The van der Waals surface area contributed by atoms with Gasteiger partial charge in [-0.2, -0.15) is 0 Å². The summed E-state index contributed by atoms with van der Waals surface area (Å²) in [6, 6.07) is 21.5. The van der Waals surface area contributed by atoms with E-state index < -0.39 is 11.6 Å². The maximum atomic E-state index is 13.4. The van der Waals surface area contributed by atoms with Crippen molar-refractivity contribution in [2.45, 2.75) is 13.0 Å². The second-order valence-corrected chi connectivity index (χ2v) is 6.39. The topological polar surface area (TPSA) is 24.1 Å². The van der Waals surface area contributed by atoms with Crippen molar-refractivity contribution < 1.29 is 8.78 Å². The molecular formula is C21H18F2N2S. The van der Waals surface area contributed by atoms with Crippen LogP contribution in [0.2, 0.25) is 0 Å². The highest BCUT2D eigenvalue weighted by atomic mass is 32.1. The Morgan fingerprint density at radius 2 is 1.50 bits per heavy atom. The van der Waals surface area contributed by atoms with Crippen molar-refractivity contribution in [1.82, 2.24) is 5.32 Å². The molecule has 1 atom stereocenters. The summed E-state index contributed by atoms with van der Waals surface area (Å²) < 4.78 is 26.5. The minimum atomic E-state index is -0.920. The van der Waals surface area contributed by atoms with Gasteiger partial charge in [-0.25, -0.2) is 8.78 Å². The SMILES string of the molecule is Cc1ccc([C@H](NC(=S)Nc2ccc(F)c(F)c2)c2ccccc2)cc1. The Hall–Kier alpha value is -2.79. The quantitative estimate of drug-likeness (QED) is 0.607. The molecule has 0 aliphatic heterocycles. The largest absolute Gasteiger partial charge is 0.352 e. The lowest BCUT2D eigenvalue weighted by molar-refractivity contribution is 0.509. The number of benzene rings is 3. The number of nitrogens with one attached hydrogen (secondary N) is 2. The Labute approximate surface area is 156 Å². The Bertz CT molecular complexity index is 896. The highest BCUT2D eigenvalue weighted by Gasteiger charge is 2.15. The van der Waals surface area contributed by atoms with Crippen LogP contribution in [0.15, 0.2) is 72.8 Å². The van der Waals surface area contributed by atoms with Gasteiger partial charge in [0.05, 0.1) is 6.04 Å². The fraction of sp³-hybridized carbons (Fsp3) is 0.0952. The highest BCUT2D eigenvalue weighted by molar-refractivity contribution is 7.80. The number of anilines is 1. The number of thiocarbonyl (C=S) groups is 1. The molecule has 26 heavy (non-hydrogen) atoms. The van der Waals surface area contributed by atoms with Crippen LogP contribution in [-0.2, 0) is 0 Å². The molecule has 0 saturated heterocycles. The summed E-state index contributed by atoms with van der Waals surface area (Å²) in [5.41, 5.74) is 3.65. The Morgan fingerprint density at radius 1 is 0.846 bits per heavy atom. The lowest BCUT2D eigenvalue weighted by Gasteiger charge is -2.22. The third-order valence-electron chi connectivity index (χ3n) is 4.00. The van der Waals surface area contributed by atoms with Crippen LogP contribution in [0, 0.1) is 18.6 Å². The lowest BCUT2D eigenvalue weighted by Crippen LogP contribution is -2.33. The van der Waals surface area contributed by atoms with E-state index in [2.05, 4.69) is 10.6 Å². The first-order chi connectivity index (χ1) is 12.5. The molecule has 3 rings (SSSR count). The third kappa shape index (κ3) is 4.43. The van der Waals surface area contributed by atoms with E-state index in [1.807, 2.05) is 61.5 Å². The molecule has 2 nitrogen and oxygen atoms in total. The van der Waals surface area contributed by atoms with Gasteiger partial charge in [0.1, 0.15) is 0 Å². The summed E-state index contributed by atoms with van der Waals surface area (Å²) in [4.78, 5) is 0. The van der Waals surface area contributed by atoms with Gasteiger partial charge in [0, 0.05) is 11.8 Å². The molecule has 2 N–H and O–H groups in total. The monoisotopic (exact) mass is 368 g/mol. The zero-order chi connectivity index (χ0) is 18.5. The number of rotatable bonds is 4. The molecule has 0 spiro atoms. The van der Waals surface area contributed by atoms with Crippen LogP contribution in [0.5, 0.6) is 0 Å². The predicted octanol–water partition coefficient (Wildman–Crippen LogP) is 5.35. The maximum Gasteiger partial charge on any atom is 0.171 e. The van der Waals surface area contributed by atoms with E-state index >= 15 is 0 Å². The molecule has 0 aliphatic carbocycles. The minimum absolute atomic E-state index is 0.165. The van der Waals surface area contributed by atoms with Crippen molar-refractivity contribution >= 4 is 23.0 Å². The molecule has 0 fully saturated rings. The smallest absolute Gasteiger partial charge is 0.171 e. The van der Waals surface area contributed by atoms with E-state index in [1.165, 1.54) is 11.6 Å². The van der Waals surface area contributed by atoms with E-state index in [1.54, 1.807) is 0 Å². The number of halogens is 2. The molecule has 3 aromatic rings. The molecule has 132 valence electrons. The van der Waals surface area contributed by atoms with Crippen molar-refractivity contribution in [3.05, 3.63) is 101 Å². The van der Waals surface area contributed by atoms with E-state index in [9.17, 15) is 8.78 Å². The van der Waals surface area contributed by atoms with Crippen LogP contribution >= 0.6 is 12.2 Å². The molecule has 3 aromatic carbocycles. The van der Waals surface area contributed by atoms with E-state index in [0.29, 0.717) is 10.8 Å². The van der Waals surface area contributed by atoms with E-state index in [4.69, 9.17) is 12.2 Å². The summed E-state index contributed by atoms with van der Waals surface area (Å²) in [5.74, 6) is -1.81. The highest BCUT2D eigenvalue weighted by Crippen LogP contribution is 2.23. The summed E-state index contributed by atoms with van der Waals surface area (Å²) in [6.45, 7) is 2.03. The van der Waals surface area contributed by atoms with E-state index in [-0.39, 0.29) is 6.04 Å². The first-order valence-corrected chi connectivity index (χ1v) is 8.58. The molecule has 0 aromatic heterocycles. The van der Waals surface area contributed by atoms with Gasteiger partial charge >= 0.3 is 0 Å². The summed E-state index contributed by atoms with van der Waals surface area (Å²) in [5, 5.41) is 6.49. The minimum Gasteiger partial charge on any atom is -0.352 e. The second-order valence-electron chi connectivity index (χ2n) is 5.98. The van der Waals surface area contributed by atoms with Crippen molar-refractivity contribution in [3.63, 3.8) is 0 Å². The first kappa shape index (κ1) is 18.0. The molecule has 0 heterocycles. The summed E-state index contributed by atoms with van der Waals surface area (Å²) in [7, 11) is 0. The standard InChI is InChI=1S/C21H18F2N2S/c1-14-7-9-16(10-8-14)20(15-5-3-2-4-6-15)25-21(26)24-17-11-12-18(22)19(23)13-17/h2-13,20H,1H3,(H2,24,25,26)/t20-/m1/s1. The third-order valence-corrected chi connectivity index (χ3v) is 4.22. The zero-order valence-electron chi connectivity index (χ0n) is 14.2. The molecule has 0 radical (unpaired) electrons. The molecule has 0 saturated carbocycles. The van der Waals surface area contributed by atoms with Gasteiger partial charge in [-0.3, -0.25) is 0 Å².